The minimum Gasteiger partial charge on any atom is -0.444 e. The average molecular weight is 482 g/mol. The van der Waals surface area contributed by atoms with Crippen LogP contribution >= 0.6 is 0 Å². The number of cyclic esters (lactones) is 2. The van der Waals surface area contributed by atoms with Gasteiger partial charge in [0.25, 0.3) is 5.79 Å². The number of carbonyl (C=O) groups excluding carboxylic acids is 3. The number of ether oxygens (including phenoxy) is 3. The fraction of sp³-hybridized carbons (Fsp3) is 0.464. The molecule has 0 radical (unpaired) electrons. The number of hydrogen-bond acceptors (Lipinski definition) is 6. The molecule has 1 heterocycles. The molecule has 1 saturated heterocycles. The van der Waals surface area contributed by atoms with Crippen molar-refractivity contribution < 1.29 is 28.6 Å². The van der Waals surface area contributed by atoms with Crippen molar-refractivity contribution in [2.45, 2.75) is 77.7 Å². The van der Waals surface area contributed by atoms with Crippen molar-refractivity contribution in [3.8, 4) is 11.1 Å². The quantitative estimate of drug-likeness (QED) is 0.441. The second kappa shape index (κ2) is 9.72. The lowest BCUT2D eigenvalue weighted by Gasteiger charge is -2.39. The van der Waals surface area contributed by atoms with Gasteiger partial charge in [0.15, 0.2) is 5.92 Å². The van der Waals surface area contributed by atoms with E-state index in [-0.39, 0.29) is 6.42 Å². The molecule has 1 aliphatic heterocycles. The molecule has 0 aliphatic carbocycles. The van der Waals surface area contributed by atoms with Crippen LogP contribution in [0.1, 0.15) is 60.5 Å². The molecular formula is C28H35NO6. The average Bonchev–Trinajstić information content (AvgIpc) is 2.74. The lowest BCUT2D eigenvalue weighted by molar-refractivity contribution is -0.240. The summed E-state index contributed by atoms with van der Waals surface area (Å²) in [5.41, 5.74) is 1.71. The van der Waals surface area contributed by atoms with Crippen molar-refractivity contribution in [2.75, 3.05) is 0 Å². The third-order valence-electron chi connectivity index (χ3n) is 6.03. The number of nitrogens with one attached hydrogen (secondary N) is 1. The van der Waals surface area contributed by atoms with Gasteiger partial charge in [-0.3, -0.25) is 9.59 Å². The van der Waals surface area contributed by atoms with Crippen molar-refractivity contribution in [3.05, 3.63) is 60.2 Å². The third kappa shape index (κ3) is 6.62. The van der Waals surface area contributed by atoms with Crippen molar-refractivity contribution in [3.63, 3.8) is 0 Å². The maximum absolute atomic E-state index is 12.7. The zero-order valence-electron chi connectivity index (χ0n) is 21.5. The molecule has 7 nitrogen and oxygen atoms in total. The monoisotopic (exact) mass is 481 g/mol. The summed E-state index contributed by atoms with van der Waals surface area (Å²) >= 11 is 0. The Morgan fingerprint density at radius 3 is 1.94 bits per heavy atom. The number of hydrogen-bond donors (Lipinski definition) is 1. The van der Waals surface area contributed by atoms with Crippen LogP contribution in [0, 0.1) is 5.92 Å². The molecule has 1 amide bonds. The van der Waals surface area contributed by atoms with Gasteiger partial charge in [0.1, 0.15) is 5.60 Å². The number of esters is 2. The maximum Gasteiger partial charge on any atom is 0.407 e. The van der Waals surface area contributed by atoms with Gasteiger partial charge in [-0.1, -0.05) is 68.4 Å². The van der Waals surface area contributed by atoms with Crippen LogP contribution in [0.4, 0.5) is 4.79 Å². The Balaban J connectivity index is 1.90. The van der Waals surface area contributed by atoms with Crippen LogP contribution in [-0.2, 0) is 29.2 Å². The molecule has 2 aromatic rings. The third-order valence-corrected chi connectivity index (χ3v) is 6.03. The molecular weight excluding hydrogens is 446 g/mol. The molecule has 0 aromatic heterocycles. The van der Waals surface area contributed by atoms with Crippen LogP contribution in [0.5, 0.6) is 0 Å². The Labute approximate surface area is 207 Å². The summed E-state index contributed by atoms with van der Waals surface area (Å²) in [5, 5.41) is 2.89. The smallest absolute Gasteiger partial charge is 0.407 e. The number of rotatable bonds is 6. The van der Waals surface area contributed by atoms with Crippen molar-refractivity contribution in [2.24, 2.45) is 5.92 Å². The molecule has 1 aliphatic rings. The van der Waals surface area contributed by atoms with E-state index < -0.39 is 46.8 Å². The molecule has 2 aromatic carbocycles. The van der Waals surface area contributed by atoms with E-state index in [2.05, 4.69) is 5.32 Å². The second-order valence-corrected chi connectivity index (χ2v) is 10.9. The maximum atomic E-state index is 12.7. The van der Waals surface area contributed by atoms with Crippen molar-refractivity contribution in [1.82, 2.24) is 5.32 Å². The lowest BCUT2D eigenvalue weighted by Crippen LogP contribution is -2.53. The molecule has 1 atom stereocenters. The molecule has 3 rings (SSSR count). The number of benzene rings is 2. The first kappa shape index (κ1) is 26.3. The molecule has 0 spiro atoms. The van der Waals surface area contributed by atoms with Crippen LogP contribution < -0.4 is 5.32 Å². The van der Waals surface area contributed by atoms with E-state index in [4.69, 9.17) is 14.2 Å². The molecule has 1 fully saturated rings. The summed E-state index contributed by atoms with van der Waals surface area (Å²) in [6, 6.07) is 17.4. The first-order valence-corrected chi connectivity index (χ1v) is 11.8. The van der Waals surface area contributed by atoms with Crippen LogP contribution in [0.15, 0.2) is 54.6 Å². The minimum absolute atomic E-state index is 0.000423. The number of carbonyl (C=O) groups is 3. The largest absolute Gasteiger partial charge is 0.444 e. The zero-order chi connectivity index (χ0) is 26.0. The van der Waals surface area contributed by atoms with Crippen molar-refractivity contribution >= 4 is 18.0 Å². The summed E-state index contributed by atoms with van der Waals surface area (Å²) in [4.78, 5) is 38.1. The Hall–Kier alpha value is -3.35. The Kier molecular flexibility index (Phi) is 7.29. The highest BCUT2D eigenvalue weighted by molar-refractivity contribution is 5.96. The van der Waals surface area contributed by atoms with E-state index in [0.29, 0.717) is 0 Å². The highest BCUT2D eigenvalue weighted by Gasteiger charge is 2.46. The molecule has 1 N–H and O–H groups in total. The Bertz CT molecular complexity index is 1050. The van der Waals surface area contributed by atoms with Crippen LogP contribution in [0.25, 0.3) is 11.1 Å². The minimum atomic E-state index is -1.32. The molecule has 188 valence electrons. The molecule has 1 unspecified atom stereocenters. The predicted molar refractivity (Wildman–Crippen MR) is 132 cm³/mol. The first-order chi connectivity index (χ1) is 16.2. The zero-order valence-corrected chi connectivity index (χ0v) is 21.5. The molecule has 35 heavy (non-hydrogen) atoms. The summed E-state index contributed by atoms with van der Waals surface area (Å²) < 4.78 is 16.1. The fourth-order valence-corrected chi connectivity index (χ4v) is 4.08. The predicted octanol–water partition coefficient (Wildman–Crippen LogP) is 5.37. The number of alkyl carbamates (subject to hydrolysis) is 1. The topological polar surface area (TPSA) is 90.9 Å². The SMILES string of the molecule is CC(C)(C)OC(=O)NC(CC1C(=O)OC(C)(C)OC1=O)C(C)(C)c1ccc(-c2ccccc2)cc1. The highest BCUT2D eigenvalue weighted by atomic mass is 16.7. The van der Waals surface area contributed by atoms with Crippen molar-refractivity contribution in [1.29, 1.82) is 0 Å². The lowest BCUT2D eigenvalue weighted by atomic mass is 9.74. The van der Waals surface area contributed by atoms with Gasteiger partial charge in [0.05, 0.1) is 0 Å². The number of amides is 1. The first-order valence-electron chi connectivity index (χ1n) is 11.8. The summed E-state index contributed by atoms with van der Waals surface area (Å²) in [7, 11) is 0. The molecule has 0 saturated carbocycles. The van der Waals surface area contributed by atoms with E-state index >= 15 is 0 Å². The van der Waals surface area contributed by atoms with Gasteiger partial charge in [-0.2, -0.15) is 0 Å². The normalized spacial score (nSPS) is 17.2. The van der Waals surface area contributed by atoms with Gasteiger partial charge in [-0.05, 0) is 43.9 Å². The highest BCUT2D eigenvalue weighted by Crippen LogP contribution is 2.35. The van der Waals surface area contributed by atoms with Gasteiger partial charge in [-0.25, -0.2) is 4.79 Å². The van der Waals surface area contributed by atoms with Gasteiger partial charge in [0, 0.05) is 25.3 Å². The van der Waals surface area contributed by atoms with E-state index in [0.717, 1.165) is 16.7 Å². The standard InChI is InChI=1S/C28H35NO6/c1-26(2,3)35-25(32)29-22(17-21-23(30)33-28(6,7)34-24(21)31)27(4,5)20-15-13-19(14-16-20)18-11-9-8-10-12-18/h8-16,21-22H,17H2,1-7H3,(H,29,32). The van der Waals surface area contributed by atoms with Gasteiger partial charge in [-0.15, -0.1) is 0 Å². The summed E-state index contributed by atoms with van der Waals surface area (Å²) in [6.45, 7) is 12.2. The Morgan fingerprint density at radius 1 is 0.914 bits per heavy atom. The molecule has 7 heteroatoms. The van der Waals surface area contributed by atoms with Gasteiger partial charge in [0.2, 0.25) is 0 Å². The van der Waals surface area contributed by atoms with E-state index in [9.17, 15) is 14.4 Å². The summed E-state index contributed by atoms with van der Waals surface area (Å²) in [6.07, 6.45) is -0.630. The summed E-state index contributed by atoms with van der Waals surface area (Å²) in [5.74, 6) is -3.82. The Morgan fingerprint density at radius 2 is 1.43 bits per heavy atom. The fourth-order valence-electron chi connectivity index (χ4n) is 4.08. The van der Waals surface area contributed by atoms with Gasteiger partial charge >= 0.3 is 18.0 Å². The second-order valence-electron chi connectivity index (χ2n) is 10.9. The molecule has 0 bridgehead atoms. The van der Waals surface area contributed by atoms with Crippen LogP contribution in [0.2, 0.25) is 0 Å². The van der Waals surface area contributed by atoms with E-state index in [1.807, 2.05) is 68.4 Å². The van der Waals surface area contributed by atoms with E-state index in [1.165, 1.54) is 13.8 Å². The van der Waals surface area contributed by atoms with Crippen LogP contribution in [-0.4, -0.2) is 35.5 Å². The van der Waals surface area contributed by atoms with Crippen LogP contribution in [0.3, 0.4) is 0 Å². The van der Waals surface area contributed by atoms with E-state index in [1.54, 1.807) is 20.8 Å². The van der Waals surface area contributed by atoms with Gasteiger partial charge < -0.3 is 19.5 Å².